The van der Waals surface area contributed by atoms with E-state index in [0.29, 0.717) is 6.04 Å². The van der Waals surface area contributed by atoms with Gasteiger partial charge in [0.15, 0.2) is 0 Å². The molecule has 0 aliphatic heterocycles. The van der Waals surface area contributed by atoms with Gasteiger partial charge in [-0.05, 0) is 25.7 Å². The molecule has 1 aromatic rings. The van der Waals surface area contributed by atoms with Crippen LogP contribution in [0.5, 0.6) is 0 Å². The monoisotopic (exact) mass is 238 g/mol. The van der Waals surface area contributed by atoms with Crippen molar-refractivity contribution >= 4 is 11.3 Å². The number of hydrogen-bond donors (Lipinski definition) is 1. The van der Waals surface area contributed by atoms with Crippen LogP contribution in [-0.4, -0.2) is 17.6 Å². The SMILES string of the molecule is CC(NCCc1cscn1)C1CCCCC1. The van der Waals surface area contributed by atoms with Crippen molar-refractivity contribution in [3.05, 3.63) is 16.6 Å². The Hall–Kier alpha value is -0.410. The van der Waals surface area contributed by atoms with Crippen molar-refractivity contribution < 1.29 is 0 Å². The number of nitrogens with zero attached hydrogens (tertiary/aromatic N) is 1. The molecule has 1 saturated carbocycles. The quantitative estimate of drug-likeness (QED) is 0.852. The largest absolute Gasteiger partial charge is 0.314 e. The number of hydrogen-bond acceptors (Lipinski definition) is 3. The summed E-state index contributed by atoms with van der Waals surface area (Å²) in [7, 11) is 0. The Bertz CT molecular complexity index is 278. The van der Waals surface area contributed by atoms with Crippen LogP contribution in [0.15, 0.2) is 10.9 Å². The average molecular weight is 238 g/mol. The molecule has 2 nitrogen and oxygen atoms in total. The second-order valence-electron chi connectivity index (χ2n) is 4.87. The lowest BCUT2D eigenvalue weighted by molar-refractivity contribution is 0.282. The molecule has 1 aromatic heterocycles. The molecule has 90 valence electrons. The number of aromatic nitrogens is 1. The van der Waals surface area contributed by atoms with E-state index in [2.05, 4.69) is 22.6 Å². The van der Waals surface area contributed by atoms with Gasteiger partial charge in [-0.25, -0.2) is 4.98 Å². The van der Waals surface area contributed by atoms with Crippen molar-refractivity contribution in [1.82, 2.24) is 10.3 Å². The zero-order valence-corrected chi connectivity index (χ0v) is 10.9. The molecule has 0 saturated heterocycles. The fraction of sp³-hybridized carbons (Fsp3) is 0.769. The first-order valence-corrected chi connectivity index (χ1v) is 7.41. The second-order valence-corrected chi connectivity index (χ2v) is 5.59. The number of thiazole rings is 1. The Balaban J connectivity index is 1.65. The Morgan fingerprint density at radius 3 is 2.94 bits per heavy atom. The van der Waals surface area contributed by atoms with Gasteiger partial charge in [-0.3, -0.25) is 0 Å². The molecule has 1 aliphatic rings. The summed E-state index contributed by atoms with van der Waals surface area (Å²) in [6.07, 6.45) is 8.23. The molecule has 1 aliphatic carbocycles. The van der Waals surface area contributed by atoms with Crippen molar-refractivity contribution in [2.24, 2.45) is 5.92 Å². The highest BCUT2D eigenvalue weighted by atomic mass is 32.1. The average Bonchev–Trinajstić information content (AvgIpc) is 2.83. The third-order valence-electron chi connectivity index (χ3n) is 3.69. The smallest absolute Gasteiger partial charge is 0.0794 e. The molecule has 3 heteroatoms. The first-order valence-electron chi connectivity index (χ1n) is 6.46. The summed E-state index contributed by atoms with van der Waals surface area (Å²) in [5, 5.41) is 5.80. The minimum absolute atomic E-state index is 0.680. The summed E-state index contributed by atoms with van der Waals surface area (Å²) in [4.78, 5) is 4.30. The van der Waals surface area contributed by atoms with Crippen molar-refractivity contribution in [3.63, 3.8) is 0 Å². The van der Waals surface area contributed by atoms with Gasteiger partial charge in [-0.2, -0.15) is 0 Å². The maximum absolute atomic E-state index is 4.30. The van der Waals surface area contributed by atoms with Crippen LogP contribution in [0.1, 0.15) is 44.7 Å². The van der Waals surface area contributed by atoms with Crippen molar-refractivity contribution in [3.8, 4) is 0 Å². The minimum Gasteiger partial charge on any atom is -0.314 e. The Morgan fingerprint density at radius 1 is 1.44 bits per heavy atom. The zero-order valence-electron chi connectivity index (χ0n) is 10.1. The van der Waals surface area contributed by atoms with E-state index in [1.54, 1.807) is 11.3 Å². The van der Waals surface area contributed by atoms with Gasteiger partial charge in [-0.1, -0.05) is 19.3 Å². The van der Waals surface area contributed by atoms with Crippen LogP contribution in [0, 0.1) is 5.92 Å². The van der Waals surface area contributed by atoms with Crippen molar-refractivity contribution in [2.45, 2.75) is 51.5 Å². The predicted octanol–water partition coefficient (Wildman–Crippen LogP) is 3.24. The first kappa shape index (κ1) is 12.1. The Kier molecular flexibility index (Phi) is 4.79. The minimum atomic E-state index is 0.680. The van der Waals surface area contributed by atoms with E-state index in [9.17, 15) is 0 Å². The summed E-state index contributed by atoms with van der Waals surface area (Å²) >= 11 is 1.69. The fourth-order valence-corrected chi connectivity index (χ4v) is 3.18. The van der Waals surface area contributed by atoms with Crippen LogP contribution in [0.25, 0.3) is 0 Å². The Morgan fingerprint density at radius 2 is 2.25 bits per heavy atom. The normalized spacial score (nSPS) is 19.8. The Labute approximate surface area is 102 Å². The van der Waals surface area contributed by atoms with E-state index < -0.39 is 0 Å². The second kappa shape index (κ2) is 6.36. The molecule has 16 heavy (non-hydrogen) atoms. The highest BCUT2D eigenvalue weighted by Gasteiger charge is 2.19. The summed E-state index contributed by atoms with van der Waals surface area (Å²) in [6, 6.07) is 0.680. The van der Waals surface area contributed by atoms with Crippen LogP contribution >= 0.6 is 11.3 Å². The number of nitrogens with one attached hydrogen (secondary N) is 1. The zero-order chi connectivity index (χ0) is 11.2. The molecule has 1 fully saturated rings. The van der Waals surface area contributed by atoms with Gasteiger partial charge >= 0.3 is 0 Å². The van der Waals surface area contributed by atoms with Crippen LogP contribution in [0.4, 0.5) is 0 Å². The van der Waals surface area contributed by atoms with Crippen LogP contribution in [0.3, 0.4) is 0 Å². The molecule has 1 N–H and O–H groups in total. The molecule has 1 unspecified atom stereocenters. The molecule has 1 atom stereocenters. The molecule has 0 bridgehead atoms. The van der Waals surface area contributed by atoms with E-state index in [1.165, 1.54) is 37.8 Å². The van der Waals surface area contributed by atoms with Crippen molar-refractivity contribution in [2.75, 3.05) is 6.54 Å². The van der Waals surface area contributed by atoms with Crippen molar-refractivity contribution in [1.29, 1.82) is 0 Å². The first-order chi connectivity index (χ1) is 7.86. The van der Waals surface area contributed by atoms with Gasteiger partial charge in [0.1, 0.15) is 0 Å². The summed E-state index contributed by atoms with van der Waals surface area (Å²) < 4.78 is 0. The van der Waals surface area contributed by atoms with Gasteiger partial charge in [0.25, 0.3) is 0 Å². The molecule has 0 spiro atoms. The van der Waals surface area contributed by atoms with E-state index >= 15 is 0 Å². The molecular weight excluding hydrogens is 216 g/mol. The molecule has 0 amide bonds. The third kappa shape index (κ3) is 3.56. The highest BCUT2D eigenvalue weighted by Crippen LogP contribution is 2.26. The lowest BCUT2D eigenvalue weighted by Gasteiger charge is -2.28. The highest BCUT2D eigenvalue weighted by molar-refractivity contribution is 7.07. The van der Waals surface area contributed by atoms with Gasteiger partial charge in [0.05, 0.1) is 11.2 Å². The number of rotatable bonds is 5. The van der Waals surface area contributed by atoms with Crippen LogP contribution in [-0.2, 0) is 6.42 Å². The molecular formula is C13H22N2S. The molecule has 0 aromatic carbocycles. The predicted molar refractivity (Wildman–Crippen MR) is 69.9 cm³/mol. The maximum atomic E-state index is 4.30. The standard InChI is InChI=1S/C13H22N2S/c1-11(12-5-3-2-4-6-12)14-8-7-13-9-16-10-15-13/h9-12,14H,2-8H2,1H3. The lowest BCUT2D eigenvalue weighted by Crippen LogP contribution is -2.35. The van der Waals surface area contributed by atoms with Gasteiger partial charge in [0, 0.05) is 24.4 Å². The van der Waals surface area contributed by atoms with Gasteiger partial charge in [-0.15, -0.1) is 11.3 Å². The van der Waals surface area contributed by atoms with Crippen LogP contribution in [0.2, 0.25) is 0 Å². The van der Waals surface area contributed by atoms with E-state index in [4.69, 9.17) is 0 Å². The molecule has 0 radical (unpaired) electrons. The summed E-state index contributed by atoms with van der Waals surface area (Å²) in [6.45, 7) is 3.42. The maximum Gasteiger partial charge on any atom is 0.0794 e. The van der Waals surface area contributed by atoms with E-state index in [0.717, 1.165) is 18.9 Å². The van der Waals surface area contributed by atoms with E-state index in [1.807, 2.05) is 5.51 Å². The van der Waals surface area contributed by atoms with Gasteiger partial charge < -0.3 is 5.32 Å². The summed E-state index contributed by atoms with van der Waals surface area (Å²) in [5.74, 6) is 0.907. The topological polar surface area (TPSA) is 24.9 Å². The molecule has 1 heterocycles. The summed E-state index contributed by atoms with van der Waals surface area (Å²) in [5.41, 5.74) is 3.15. The fourth-order valence-electron chi connectivity index (χ4n) is 2.59. The van der Waals surface area contributed by atoms with E-state index in [-0.39, 0.29) is 0 Å². The molecule has 2 rings (SSSR count). The van der Waals surface area contributed by atoms with Crippen LogP contribution < -0.4 is 5.32 Å². The third-order valence-corrected chi connectivity index (χ3v) is 4.32. The van der Waals surface area contributed by atoms with Gasteiger partial charge in [0.2, 0.25) is 0 Å². The lowest BCUT2D eigenvalue weighted by atomic mass is 9.84.